The van der Waals surface area contributed by atoms with Crippen LogP contribution in [0.4, 0.5) is 16.2 Å². The molecule has 4 N–H and O–H groups in total. The molecular weight excluding hydrogens is 473 g/mol. The molecule has 0 bridgehead atoms. The topological polar surface area (TPSA) is 96.2 Å². The molecule has 0 aliphatic carbocycles. The molecule has 2 heterocycles. The Morgan fingerprint density at radius 2 is 1.71 bits per heavy atom. The Bertz CT molecular complexity index is 1440. The number of carbonyl (C=O) groups is 1. The van der Waals surface area contributed by atoms with Gasteiger partial charge in [-0.25, -0.2) is 9.59 Å². The highest BCUT2D eigenvalue weighted by atomic mass is 35.5. The first kappa shape index (κ1) is 22.4. The molecule has 174 valence electrons. The number of piperidine rings is 1. The van der Waals surface area contributed by atoms with Gasteiger partial charge in [0.15, 0.2) is 0 Å². The number of anilines is 2. The molecule has 1 aliphatic rings. The minimum Gasteiger partial charge on any atom is -0.398 e. The van der Waals surface area contributed by atoms with Crippen molar-refractivity contribution >= 4 is 51.6 Å². The molecule has 3 aromatic carbocycles. The molecule has 4 aromatic rings. The smallest absolute Gasteiger partial charge is 0.326 e. The molecule has 1 aliphatic heterocycles. The summed E-state index contributed by atoms with van der Waals surface area (Å²) in [7, 11) is 0. The summed E-state index contributed by atoms with van der Waals surface area (Å²) >= 11 is 12.0. The third-order valence-corrected chi connectivity index (χ3v) is 7.03. The molecule has 0 unspecified atom stereocenters. The zero-order chi connectivity index (χ0) is 23.8. The van der Waals surface area contributed by atoms with Gasteiger partial charge in [0, 0.05) is 41.6 Å². The fourth-order valence-corrected chi connectivity index (χ4v) is 4.88. The number of carbonyl (C=O) groups excluding carboxylic acids is 1. The van der Waals surface area contributed by atoms with Crippen molar-refractivity contribution in [1.82, 2.24) is 14.5 Å². The van der Waals surface area contributed by atoms with E-state index in [4.69, 9.17) is 28.9 Å². The zero-order valence-electron chi connectivity index (χ0n) is 18.2. The van der Waals surface area contributed by atoms with Gasteiger partial charge >= 0.3 is 11.7 Å². The lowest BCUT2D eigenvalue weighted by Gasteiger charge is -2.32. The van der Waals surface area contributed by atoms with Gasteiger partial charge in [0.2, 0.25) is 0 Å². The first-order valence-electron chi connectivity index (χ1n) is 11.0. The summed E-state index contributed by atoms with van der Waals surface area (Å²) in [5.74, 6) is 0. The van der Waals surface area contributed by atoms with Gasteiger partial charge in [-0.2, -0.15) is 0 Å². The number of nitrogens with two attached hydrogens (primary N) is 1. The Morgan fingerprint density at radius 3 is 2.44 bits per heavy atom. The van der Waals surface area contributed by atoms with E-state index >= 15 is 0 Å². The van der Waals surface area contributed by atoms with Gasteiger partial charge in [-0.3, -0.25) is 4.57 Å². The molecule has 7 nitrogen and oxygen atoms in total. The van der Waals surface area contributed by atoms with Gasteiger partial charge in [0.05, 0.1) is 21.1 Å². The van der Waals surface area contributed by atoms with Crippen molar-refractivity contribution in [3.63, 3.8) is 0 Å². The van der Waals surface area contributed by atoms with E-state index in [0.717, 1.165) is 22.2 Å². The van der Waals surface area contributed by atoms with Crippen LogP contribution >= 0.6 is 23.2 Å². The lowest BCUT2D eigenvalue weighted by molar-refractivity contribution is 0.184. The normalized spacial score (nSPS) is 14.5. The molecule has 5 rings (SSSR count). The van der Waals surface area contributed by atoms with Crippen molar-refractivity contribution in [2.75, 3.05) is 24.1 Å². The standard InChI is InChI=1S/C25H23Cl2N5O2/c26-19-9-8-15(14-20(19)27)29-24(33)31-12-10-16(11-13-31)32-22-7-3-5-18(23(22)30-25(32)34)17-4-1-2-6-21(17)28/h1-9,14,16H,10-13,28H2,(H,29,33)(H,30,34). The molecule has 34 heavy (non-hydrogen) atoms. The third kappa shape index (κ3) is 4.13. The van der Waals surface area contributed by atoms with E-state index in [0.29, 0.717) is 47.4 Å². The van der Waals surface area contributed by atoms with E-state index < -0.39 is 0 Å². The third-order valence-electron chi connectivity index (χ3n) is 6.29. The highest BCUT2D eigenvalue weighted by molar-refractivity contribution is 6.42. The summed E-state index contributed by atoms with van der Waals surface area (Å²) < 4.78 is 1.81. The number of fused-ring (bicyclic) bond motifs is 1. The number of hydrogen-bond donors (Lipinski definition) is 3. The van der Waals surface area contributed by atoms with Crippen LogP contribution in [0.3, 0.4) is 0 Å². The van der Waals surface area contributed by atoms with Gasteiger partial charge in [-0.05, 0) is 43.2 Å². The van der Waals surface area contributed by atoms with Crippen LogP contribution < -0.4 is 16.7 Å². The van der Waals surface area contributed by atoms with Crippen molar-refractivity contribution in [2.45, 2.75) is 18.9 Å². The summed E-state index contributed by atoms with van der Waals surface area (Å²) in [6, 6.07) is 18.2. The first-order valence-corrected chi connectivity index (χ1v) is 11.8. The van der Waals surface area contributed by atoms with E-state index in [-0.39, 0.29) is 17.8 Å². The van der Waals surface area contributed by atoms with E-state index in [2.05, 4.69) is 10.3 Å². The predicted octanol–water partition coefficient (Wildman–Crippen LogP) is 5.75. The van der Waals surface area contributed by atoms with Crippen LogP contribution in [-0.4, -0.2) is 33.6 Å². The van der Waals surface area contributed by atoms with Crippen molar-refractivity contribution in [3.05, 3.63) is 81.2 Å². The number of H-pyrrole nitrogens is 1. The number of nitrogens with zero attached hydrogens (tertiary/aromatic N) is 2. The number of imidazole rings is 1. The number of nitrogen functional groups attached to an aromatic ring is 1. The Morgan fingerprint density at radius 1 is 0.971 bits per heavy atom. The number of para-hydroxylation sites is 2. The van der Waals surface area contributed by atoms with Crippen molar-refractivity contribution < 1.29 is 4.79 Å². The second-order valence-electron chi connectivity index (χ2n) is 8.36. The molecule has 0 radical (unpaired) electrons. The highest BCUT2D eigenvalue weighted by Gasteiger charge is 2.27. The van der Waals surface area contributed by atoms with Crippen molar-refractivity contribution in [2.24, 2.45) is 0 Å². The van der Waals surface area contributed by atoms with Crippen molar-refractivity contribution in [3.8, 4) is 11.1 Å². The number of hydrogen-bond acceptors (Lipinski definition) is 3. The number of likely N-dealkylation sites (tertiary alicyclic amines) is 1. The summed E-state index contributed by atoms with van der Waals surface area (Å²) in [5.41, 5.74) is 10.7. The Kier molecular flexibility index (Phi) is 5.98. The van der Waals surface area contributed by atoms with Crippen LogP contribution in [0, 0.1) is 0 Å². The van der Waals surface area contributed by atoms with Crippen LogP contribution in [0.15, 0.2) is 65.5 Å². The maximum Gasteiger partial charge on any atom is 0.326 e. The maximum absolute atomic E-state index is 13.0. The number of aromatic nitrogens is 2. The van der Waals surface area contributed by atoms with Gasteiger partial charge < -0.3 is 20.9 Å². The first-order chi connectivity index (χ1) is 16.4. The molecule has 1 fully saturated rings. The summed E-state index contributed by atoms with van der Waals surface area (Å²) in [4.78, 5) is 30.5. The molecule has 2 amide bonds. The quantitative estimate of drug-likeness (QED) is 0.315. The average molecular weight is 496 g/mol. The number of halogens is 2. The SMILES string of the molecule is Nc1ccccc1-c1cccc2c1[nH]c(=O)n2C1CCN(C(=O)Nc2ccc(Cl)c(Cl)c2)CC1. The monoisotopic (exact) mass is 495 g/mol. The van der Waals surface area contributed by atoms with Crippen LogP contribution in [0.2, 0.25) is 10.0 Å². The zero-order valence-corrected chi connectivity index (χ0v) is 19.7. The molecule has 9 heteroatoms. The highest BCUT2D eigenvalue weighted by Crippen LogP contribution is 2.33. The average Bonchev–Trinajstić information content (AvgIpc) is 3.18. The van der Waals surface area contributed by atoms with E-state index in [1.165, 1.54) is 0 Å². The lowest BCUT2D eigenvalue weighted by atomic mass is 10.0. The molecule has 0 atom stereocenters. The molecule has 1 saturated heterocycles. The fourth-order valence-electron chi connectivity index (χ4n) is 4.58. The molecule has 1 aromatic heterocycles. The molecular formula is C25H23Cl2N5O2. The fraction of sp³-hybridized carbons (Fsp3) is 0.200. The number of aromatic amines is 1. The van der Waals surface area contributed by atoms with Gasteiger partial charge in [-0.1, -0.05) is 53.5 Å². The minimum absolute atomic E-state index is 0.0151. The maximum atomic E-state index is 13.0. The van der Waals surface area contributed by atoms with Crippen LogP contribution in [0.5, 0.6) is 0 Å². The van der Waals surface area contributed by atoms with Gasteiger partial charge in [-0.15, -0.1) is 0 Å². The number of rotatable bonds is 3. The largest absolute Gasteiger partial charge is 0.398 e. The van der Waals surface area contributed by atoms with Crippen LogP contribution in [-0.2, 0) is 0 Å². The molecule has 0 saturated carbocycles. The summed E-state index contributed by atoms with van der Waals surface area (Å²) in [6.45, 7) is 1.06. The van der Waals surface area contributed by atoms with Gasteiger partial charge in [0.25, 0.3) is 0 Å². The lowest BCUT2D eigenvalue weighted by Crippen LogP contribution is -2.42. The van der Waals surface area contributed by atoms with Crippen LogP contribution in [0.25, 0.3) is 22.2 Å². The summed E-state index contributed by atoms with van der Waals surface area (Å²) in [6.07, 6.45) is 1.33. The van der Waals surface area contributed by atoms with Crippen LogP contribution in [0.1, 0.15) is 18.9 Å². The van der Waals surface area contributed by atoms with E-state index in [9.17, 15) is 9.59 Å². The van der Waals surface area contributed by atoms with E-state index in [1.54, 1.807) is 23.1 Å². The van der Waals surface area contributed by atoms with Crippen molar-refractivity contribution in [1.29, 1.82) is 0 Å². The number of benzene rings is 3. The molecule has 0 spiro atoms. The number of amides is 2. The summed E-state index contributed by atoms with van der Waals surface area (Å²) in [5, 5.41) is 3.67. The number of urea groups is 1. The minimum atomic E-state index is -0.204. The Labute approximate surface area is 206 Å². The predicted molar refractivity (Wildman–Crippen MR) is 138 cm³/mol. The van der Waals surface area contributed by atoms with E-state index in [1.807, 2.05) is 47.0 Å². The number of nitrogens with one attached hydrogen (secondary N) is 2. The second kappa shape index (κ2) is 9.08. The Balaban J connectivity index is 1.35. The Hall–Kier alpha value is -3.42. The second-order valence-corrected chi connectivity index (χ2v) is 9.18. The van der Waals surface area contributed by atoms with Gasteiger partial charge in [0.1, 0.15) is 0 Å².